The van der Waals surface area contributed by atoms with Crippen LogP contribution in [0.1, 0.15) is 61.4 Å². The molecule has 0 radical (unpaired) electrons. The van der Waals surface area contributed by atoms with Crippen molar-refractivity contribution in [1.29, 1.82) is 0 Å². The van der Waals surface area contributed by atoms with Gasteiger partial charge in [0.1, 0.15) is 11.9 Å². The van der Waals surface area contributed by atoms with E-state index in [-0.39, 0.29) is 17.5 Å². The Labute approximate surface area is 126 Å². The van der Waals surface area contributed by atoms with Gasteiger partial charge in [0, 0.05) is 18.4 Å². The summed E-state index contributed by atoms with van der Waals surface area (Å²) in [6, 6.07) is 5.71. The first-order valence-corrected chi connectivity index (χ1v) is 8.00. The van der Waals surface area contributed by atoms with Crippen LogP contribution in [0.5, 0.6) is 5.75 Å². The largest absolute Gasteiger partial charge is 0.490 e. The minimum atomic E-state index is 0.0795. The molecule has 1 heterocycles. The molecule has 1 saturated heterocycles. The maximum Gasteiger partial charge on any atom is 0.159 e. The predicted molar refractivity (Wildman–Crippen MR) is 82.0 cm³/mol. The van der Waals surface area contributed by atoms with Crippen LogP contribution < -0.4 is 4.74 Å². The van der Waals surface area contributed by atoms with Crippen molar-refractivity contribution in [1.82, 2.24) is 0 Å². The summed E-state index contributed by atoms with van der Waals surface area (Å²) in [6.07, 6.45) is 7.09. The molecular formula is C18H24O3. The van der Waals surface area contributed by atoms with E-state index in [2.05, 4.69) is 0 Å². The molecule has 1 aromatic rings. The van der Waals surface area contributed by atoms with Crippen LogP contribution in [-0.4, -0.2) is 24.1 Å². The Morgan fingerprint density at radius 1 is 1.33 bits per heavy atom. The molecule has 0 amide bonds. The Morgan fingerprint density at radius 2 is 2.10 bits per heavy atom. The maximum absolute atomic E-state index is 11.4. The van der Waals surface area contributed by atoms with E-state index in [0.29, 0.717) is 0 Å². The SMILES string of the molecule is CC(=O)c1ccc(OC2CCOC3(CCCC3)C2)c(C)c1. The number of ketones is 1. The third kappa shape index (κ3) is 3.13. The molecule has 1 aliphatic heterocycles. The average molecular weight is 288 g/mol. The van der Waals surface area contributed by atoms with E-state index in [4.69, 9.17) is 9.47 Å². The van der Waals surface area contributed by atoms with E-state index in [9.17, 15) is 4.79 Å². The van der Waals surface area contributed by atoms with Crippen molar-refractivity contribution >= 4 is 5.78 Å². The molecule has 3 nitrogen and oxygen atoms in total. The summed E-state index contributed by atoms with van der Waals surface area (Å²) in [5, 5.41) is 0. The number of carbonyl (C=O) groups is 1. The summed E-state index contributed by atoms with van der Waals surface area (Å²) in [5.74, 6) is 1.00. The number of aryl methyl sites for hydroxylation is 1. The van der Waals surface area contributed by atoms with Crippen LogP contribution in [0.15, 0.2) is 18.2 Å². The molecule has 1 spiro atoms. The number of hydrogen-bond donors (Lipinski definition) is 0. The van der Waals surface area contributed by atoms with E-state index < -0.39 is 0 Å². The van der Waals surface area contributed by atoms with E-state index in [1.807, 2.05) is 25.1 Å². The van der Waals surface area contributed by atoms with Gasteiger partial charge in [-0.2, -0.15) is 0 Å². The first-order valence-electron chi connectivity index (χ1n) is 8.00. The zero-order chi connectivity index (χ0) is 14.9. The van der Waals surface area contributed by atoms with Gasteiger partial charge >= 0.3 is 0 Å². The minimum Gasteiger partial charge on any atom is -0.490 e. The van der Waals surface area contributed by atoms with E-state index >= 15 is 0 Å². The summed E-state index contributed by atoms with van der Waals surface area (Å²) in [7, 11) is 0. The van der Waals surface area contributed by atoms with Crippen molar-refractivity contribution in [2.75, 3.05) is 6.61 Å². The van der Waals surface area contributed by atoms with Gasteiger partial charge in [-0.25, -0.2) is 0 Å². The molecule has 2 aliphatic rings. The molecule has 2 fully saturated rings. The van der Waals surface area contributed by atoms with Gasteiger partial charge in [-0.05, 0) is 50.5 Å². The third-order valence-corrected chi connectivity index (χ3v) is 4.84. The molecule has 3 heteroatoms. The van der Waals surface area contributed by atoms with Gasteiger partial charge in [-0.3, -0.25) is 4.79 Å². The Hall–Kier alpha value is -1.35. The molecule has 1 saturated carbocycles. The van der Waals surface area contributed by atoms with E-state index in [0.717, 1.165) is 36.3 Å². The molecular weight excluding hydrogens is 264 g/mol. The number of carbonyl (C=O) groups excluding carboxylic acids is 1. The van der Waals surface area contributed by atoms with Gasteiger partial charge in [-0.1, -0.05) is 12.8 Å². The lowest BCUT2D eigenvalue weighted by Crippen LogP contribution is -2.41. The highest BCUT2D eigenvalue weighted by Gasteiger charge is 2.40. The van der Waals surface area contributed by atoms with Gasteiger partial charge in [0.2, 0.25) is 0 Å². The second kappa shape index (κ2) is 5.80. The van der Waals surface area contributed by atoms with Gasteiger partial charge in [-0.15, -0.1) is 0 Å². The summed E-state index contributed by atoms with van der Waals surface area (Å²) in [5.41, 5.74) is 1.87. The smallest absolute Gasteiger partial charge is 0.159 e. The Bertz CT molecular complexity index is 529. The van der Waals surface area contributed by atoms with E-state index in [1.54, 1.807) is 6.92 Å². The lowest BCUT2D eigenvalue weighted by atomic mass is 9.90. The van der Waals surface area contributed by atoms with Crippen LogP contribution in [0.2, 0.25) is 0 Å². The first kappa shape index (κ1) is 14.6. The zero-order valence-electron chi connectivity index (χ0n) is 13.0. The average Bonchev–Trinajstić information content (AvgIpc) is 2.89. The number of hydrogen-bond acceptors (Lipinski definition) is 3. The second-order valence-electron chi connectivity index (χ2n) is 6.51. The molecule has 0 N–H and O–H groups in total. The molecule has 114 valence electrons. The summed E-state index contributed by atoms with van der Waals surface area (Å²) < 4.78 is 12.3. The Balaban J connectivity index is 1.70. The van der Waals surface area contributed by atoms with Crippen molar-refractivity contribution in [2.24, 2.45) is 0 Å². The zero-order valence-corrected chi connectivity index (χ0v) is 13.0. The Morgan fingerprint density at radius 3 is 2.76 bits per heavy atom. The van der Waals surface area contributed by atoms with Crippen LogP contribution in [0.25, 0.3) is 0 Å². The molecule has 0 bridgehead atoms. The standard InChI is InChI=1S/C18H24O3/c1-13-11-15(14(2)19)5-6-17(13)21-16-7-10-20-18(12-16)8-3-4-9-18/h5-6,11,16H,3-4,7-10,12H2,1-2H3. The fraction of sp³-hybridized carbons (Fsp3) is 0.611. The highest BCUT2D eigenvalue weighted by atomic mass is 16.5. The molecule has 1 aliphatic carbocycles. The fourth-order valence-electron chi connectivity index (χ4n) is 3.63. The fourth-order valence-corrected chi connectivity index (χ4v) is 3.63. The number of Topliss-reactive ketones (excluding diaryl/α,β-unsaturated/α-hetero) is 1. The highest BCUT2D eigenvalue weighted by Crippen LogP contribution is 2.41. The normalized spacial score (nSPS) is 24.2. The van der Waals surface area contributed by atoms with Gasteiger partial charge in [0.05, 0.1) is 12.2 Å². The number of rotatable bonds is 3. The molecule has 0 aromatic heterocycles. The summed E-state index contributed by atoms with van der Waals surface area (Å²) in [4.78, 5) is 11.4. The first-order chi connectivity index (χ1) is 10.1. The van der Waals surface area contributed by atoms with Crippen LogP contribution in [0.3, 0.4) is 0 Å². The summed E-state index contributed by atoms with van der Waals surface area (Å²) >= 11 is 0. The minimum absolute atomic E-state index is 0.0795. The van der Waals surface area contributed by atoms with Crippen molar-refractivity contribution < 1.29 is 14.3 Å². The number of benzene rings is 1. The molecule has 1 unspecified atom stereocenters. The quantitative estimate of drug-likeness (QED) is 0.787. The monoisotopic (exact) mass is 288 g/mol. The van der Waals surface area contributed by atoms with Crippen LogP contribution in [-0.2, 0) is 4.74 Å². The van der Waals surface area contributed by atoms with E-state index in [1.165, 1.54) is 25.7 Å². The van der Waals surface area contributed by atoms with Crippen molar-refractivity contribution in [2.45, 2.75) is 64.1 Å². The van der Waals surface area contributed by atoms with Crippen LogP contribution in [0.4, 0.5) is 0 Å². The van der Waals surface area contributed by atoms with Gasteiger partial charge < -0.3 is 9.47 Å². The molecule has 3 rings (SSSR count). The molecule has 21 heavy (non-hydrogen) atoms. The van der Waals surface area contributed by atoms with Crippen LogP contribution >= 0.6 is 0 Å². The Kier molecular flexibility index (Phi) is 4.03. The maximum atomic E-state index is 11.4. The topological polar surface area (TPSA) is 35.5 Å². The highest BCUT2D eigenvalue weighted by molar-refractivity contribution is 5.94. The predicted octanol–water partition coefficient (Wildman–Crippen LogP) is 4.07. The van der Waals surface area contributed by atoms with Gasteiger partial charge in [0.25, 0.3) is 0 Å². The second-order valence-corrected chi connectivity index (χ2v) is 6.51. The lowest BCUT2D eigenvalue weighted by Gasteiger charge is -2.38. The molecule has 1 aromatic carbocycles. The molecule has 1 atom stereocenters. The number of ether oxygens (including phenoxy) is 2. The lowest BCUT2D eigenvalue weighted by molar-refractivity contribution is -0.108. The van der Waals surface area contributed by atoms with Crippen molar-refractivity contribution in [3.63, 3.8) is 0 Å². The summed E-state index contributed by atoms with van der Waals surface area (Å²) in [6.45, 7) is 4.40. The van der Waals surface area contributed by atoms with Crippen LogP contribution in [0, 0.1) is 6.92 Å². The van der Waals surface area contributed by atoms with Gasteiger partial charge in [0.15, 0.2) is 5.78 Å². The third-order valence-electron chi connectivity index (χ3n) is 4.84. The van der Waals surface area contributed by atoms with Crippen molar-refractivity contribution in [3.8, 4) is 5.75 Å². The van der Waals surface area contributed by atoms with Crippen molar-refractivity contribution in [3.05, 3.63) is 29.3 Å².